The van der Waals surface area contributed by atoms with E-state index in [2.05, 4.69) is 16.4 Å². The molecule has 0 aliphatic rings. The molecule has 1 atom stereocenters. The summed E-state index contributed by atoms with van der Waals surface area (Å²) in [5.74, 6) is -0.113. The summed E-state index contributed by atoms with van der Waals surface area (Å²) >= 11 is 0. The molecule has 4 N–H and O–H groups in total. The van der Waals surface area contributed by atoms with Crippen molar-refractivity contribution in [2.24, 2.45) is 11.7 Å². The zero-order valence-electron chi connectivity index (χ0n) is 10.7. The largest absolute Gasteiger partial charge is 0.368 e. The molecule has 0 spiro atoms. The molecule has 2 aromatic rings. The number of benzene rings is 1. The third-order valence-corrected chi connectivity index (χ3v) is 3.16. The molecule has 0 bridgehead atoms. The fourth-order valence-corrected chi connectivity index (χ4v) is 2.16. The lowest BCUT2D eigenvalue weighted by Gasteiger charge is -2.18. The van der Waals surface area contributed by atoms with Gasteiger partial charge in [0.15, 0.2) is 0 Å². The standard InChI is InChI=1S/C14H19N3O/c1-9(2)13(14(15)18)17-8-10-7-16-12-6-4-3-5-11(10)12/h3-7,9,13,16-17H,8H2,1-2H3,(H2,15,18). The summed E-state index contributed by atoms with van der Waals surface area (Å²) in [6, 6.07) is 7.81. The van der Waals surface area contributed by atoms with Gasteiger partial charge in [-0.2, -0.15) is 0 Å². The van der Waals surface area contributed by atoms with Crippen molar-refractivity contribution in [3.63, 3.8) is 0 Å². The van der Waals surface area contributed by atoms with Crippen LogP contribution in [0.3, 0.4) is 0 Å². The fraction of sp³-hybridized carbons (Fsp3) is 0.357. The molecule has 0 saturated carbocycles. The number of carbonyl (C=O) groups excluding carboxylic acids is 1. The summed E-state index contributed by atoms with van der Waals surface area (Å²) < 4.78 is 0. The Morgan fingerprint density at radius 1 is 1.39 bits per heavy atom. The van der Waals surface area contributed by atoms with Crippen LogP contribution in [0.2, 0.25) is 0 Å². The number of aromatic nitrogens is 1. The number of nitrogens with one attached hydrogen (secondary N) is 2. The second-order valence-corrected chi connectivity index (χ2v) is 4.86. The van der Waals surface area contributed by atoms with Gasteiger partial charge in [-0.15, -0.1) is 0 Å². The molecular formula is C14H19N3O. The molecule has 1 unspecified atom stereocenters. The van der Waals surface area contributed by atoms with E-state index in [9.17, 15) is 4.79 Å². The Balaban J connectivity index is 2.12. The van der Waals surface area contributed by atoms with Gasteiger partial charge >= 0.3 is 0 Å². The van der Waals surface area contributed by atoms with Gasteiger partial charge in [0.25, 0.3) is 0 Å². The van der Waals surface area contributed by atoms with Crippen LogP contribution in [-0.2, 0) is 11.3 Å². The highest BCUT2D eigenvalue weighted by Gasteiger charge is 2.18. The van der Waals surface area contributed by atoms with Gasteiger partial charge in [0.05, 0.1) is 6.04 Å². The Morgan fingerprint density at radius 2 is 2.11 bits per heavy atom. The van der Waals surface area contributed by atoms with E-state index in [1.807, 2.05) is 38.2 Å². The molecule has 1 amide bonds. The van der Waals surface area contributed by atoms with Crippen molar-refractivity contribution in [1.82, 2.24) is 10.3 Å². The van der Waals surface area contributed by atoms with Crippen molar-refractivity contribution in [3.05, 3.63) is 36.0 Å². The minimum absolute atomic E-state index is 0.188. The first kappa shape index (κ1) is 12.6. The molecular weight excluding hydrogens is 226 g/mol. The third kappa shape index (κ3) is 2.54. The fourth-order valence-electron chi connectivity index (χ4n) is 2.16. The molecule has 4 heteroatoms. The van der Waals surface area contributed by atoms with Crippen LogP contribution in [0.15, 0.2) is 30.5 Å². The maximum Gasteiger partial charge on any atom is 0.234 e. The van der Waals surface area contributed by atoms with E-state index in [1.165, 1.54) is 5.39 Å². The summed E-state index contributed by atoms with van der Waals surface area (Å²) in [7, 11) is 0. The summed E-state index contributed by atoms with van der Waals surface area (Å²) in [5, 5.41) is 4.40. The summed E-state index contributed by atoms with van der Waals surface area (Å²) in [4.78, 5) is 14.5. The molecule has 0 fully saturated rings. The maximum atomic E-state index is 11.3. The van der Waals surface area contributed by atoms with Gasteiger partial charge in [-0.3, -0.25) is 4.79 Å². The van der Waals surface area contributed by atoms with Crippen LogP contribution in [0.1, 0.15) is 19.4 Å². The van der Waals surface area contributed by atoms with Gasteiger partial charge in [-0.1, -0.05) is 32.0 Å². The highest BCUT2D eigenvalue weighted by molar-refractivity contribution is 5.83. The van der Waals surface area contributed by atoms with Crippen LogP contribution in [-0.4, -0.2) is 16.9 Å². The minimum Gasteiger partial charge on any atom is -0.368 e. The number of H-pyrrole nitrogens is 1. The summed E-state index contributed by atoms with van der Waals surface area (Å²) in [5.41, 5.74) is 7.64. The van der Waals surface area contributed by atoms with Crippen molar-refractivity contribution in [2.75, 3.05) is 0 Å². The van der Waals surface area contributed by atoms with E-state index in [-0.39, 0.29) is 17.9 Å². The van der Waals surface area contributed by atoms with E-state index >= 15 is 0 Å². The normalized spacial score (nSPS) is 13.1. The van der Waals surface area contributed by atoms with E-state index in [4.69, 9.17) is 5.73 Å². The molecule has 18 heavy (non-hydrogen) atoms. The predicted molar refractivity (Wildman–Crippen MR) is 73.0 cm³/mol. The monoisotopic (exact) mass is 245 g/mol. The first-order chi connectivity index (χ1) is 8.59. The Hall–Kier alpha value is -1.81. The number of amides is 1. The van der Waals surface area contributed by atoms with E-state index in [1.54, 1.807) is 0 Å². The number of primary amides is 1. The van der Waals surface area contributed by atoms with Gasteiger partial charge in [-0.05, 0) is 17.5 Å². The first-order valence-electron chi connectivity index (χ1n) is 6.17. The molecule has 0 radical (unpaired) electrons. The quantitative estimate of drug-likeness (QED) is 0.751. The average molecular weight is 245 g/mol. The molecule has 0 saturated heterocycles. The topological polar surface area (TPSA) is 70.9 Å². The van der Waals surface area contributed by atoms with Crippen LogP contribution in [0.5, 0.6) is 0 Å². The number of hydrogen-bond donors (Lipinski definition) is 3. The number of fused-ring (bicyclic) bond motifs is 1. The molecule has 1 aromatic heterocycles. The number of carbonyl (C=O) groups is 1. The van der Waals surface area contributed by atoms with Crippen LogP contribution in [0.25, 0.3) is 10.9 Å². The lowest BCUT2D eigenvalue weighted by atomic mass is 10.0. The van der Waals surface area contributed by atoms with Crippen LogP contribution < -0.4 is 11.1 Å². The highest BCUT2D eigenvalue weighted by atomic mass is 16.1. The van der Waals surface area contributed by atoms with Crippen LogP contribution in [0, 0.1) is 5.92 Å². The third-order valence-electron chi connectivity index (χ3n) is 3.16. The Bertz CT molecular complexity index is 545. The predicted octanol–water partition coefficient (Wildman–Crippen LogP) is 1.77. The Labute approximate surface area is 107 Å². The second-order valence-electron chi connectivity index (χ2n) is 4.86. The maximum absolute atomic E-state index is 11.3. The Morgan fingerprint density at radius 3 is 2.78 bits per heavy atom. The van der Waals surface area contributed by atoms with Gasteiger partial charge in [0, 0.05) is 23.6 Å². The number of aromatic amines is 1. The van der Waals surface area contributed by atoms with E-state index in [0.29, 0.717) is 6.54 Å². The Kier molecular flexibility index (Phi) is 3.67. The van der Waals surface area contributed by atoms with Gasteiger partial charge in [-0.25, -0.2) is 0 Å². The number of para-hydroxylation sites is 1. The average Bonchev–Trinajstić information content (AvgIpc) is 2.72. The zero-order valence-corrected chi connectivity index (χ0v) is 10.7. The lowest BCUT2D eigenvalue weighted by molar-refractivity contribution is -0.121. The molecule has 0 aliphatic carbocycles. The summed E-state index contributed by atoms with van der Waals surface area (Å²) in [6.07, 6.45) is 1.97. The number of rotatable bonds is 5. The summed E-state index contributed by atoms with van der Waals surface area (Å²) in [6.45, 7) is 4.60. The molecule has 4 nitrogen and oxygen atoms in total. The second kappa shape index (κ2) is 5.23. The van der Waals surface area contributed by atoms with E-state index in [0.717, 1.165) is 11.1 Å². The van der Waals surface area contributed by atoms with Crippen molar-refractivity contribution in [2.45, 2.75) is 26.4 Å². The molecule has 96 valence electrons. The number of nitrogens with two attached hydrogens (primary N) is 1. The number of hydrogen-bond acceptors (Lipinski definition) is 2. The highest BCUT2D eigenvalue weighted by Crippen LogP contribution is 2.17. The molecule has 1 heterocycles. The zero-order chi connectivity index (χ0) is 13.1. The minimum atomic E-state index is -0.301. The van der Waals surface area contributed by atoms with Crippen LogP contribution in [0.4, 0.5) is 0 Å². The lowest BCUT2D eigenvalue weighted by Crippen LogP contribution is -2.44. The molecule has 0 aliphatic heterocycles. The van der Waals surface area contributed by atoms with Gasteiger partial charge in [0.1, 0.15) is 0 Å². The van der Waals surface area contributed by atoms with Gasteiger partial charge < -0.3 is 16.0 Å². The van der Waals surface area contributed by atoms with E-state index < -0.39 is 0 Å². The molecule has 2 rings (SSSR count). The van der Waals surface area contributed by atoms with Crippen LogP contribution >= 0.6 is 0 Å². The smallest absolute Gasteiger partial charge is 0.234 e. The van der Waals surface area contributed by atoms with Crippen molar-refractivity contribution in [3.8, 4) is 0 Å². The first-order valence-corrected chi connectivity index (χ1v) is 6.17. The van der Waals surface area contributed by atoms with Crippen molar-refractivity contribution >= 4 is 16.8 Å². The van der Waals surface area contributed by atoms with Gasteiger partial charge in [0.2, 0.25) is 5.91 Å². The SMILES string of the molecule is CC(C)C(NCc1c[nH]c2ccccc12)C(N)=O. The van der Waals surface area contributed by atoms with Crippen molar-refractivity contribution in [1.29, 1.82) is 0 Å². The van der Waals surface area contributed by atoms with Crippen molar-refractivity contribution < 1.29 is 4.79 Å². The molecule has 1 aromatic carbocycles.